The third-order valence-electron chi connectivity index (χ3n) is 2.95. The van der Waals surface area contributed by atoms with E-state index in [4.69, 9.17) is 13.3 Å². The Morgan fingerprint density at radius 3 is 1.87 bits per heavy atom. The number of rotatable bonds is 9. The van der Waals surface area contributed by atoms with E-state index >= 15 is 0 Å². The predicted molar refractivity (Wildman–Crippen MR) is 65.0 cm³/mol. The molecule has 0 aromatic heterocycles. The highest BCUT2D eigenvalue weighted by atomic mass is 28.4. The van der Waals surface area contributed by atoms with Gasteiger partial charge in [0.05, 0.1) is 0 Å². The highest BCUT2D eigenvalue weighted by molar-refractivity contribution is 6.62. The van der Waals surface area contributed by atoms with Crippen molar-refractivity contribution < 1.29 is 13.3 Å². The second kappa shape index (κ2) is 8.27. The molecule has 0 spiro atoms. The molecule has 0 amide bonds. The van der Waals surface area contributed by atoms with E-state index in [2.05, 4.69) is 13.8 Å². The maximum absolute atomic E-state index is 5.45. The van der Waals surface area contributed by atoms with Gasteiger partial charge in [0.2, 0.25) is 0 Å². The monoisotopic (exact) mass is 234 g/mol. The van der Waals surface area contributed by atoms with Gasteiger partial charge in [-0.05, 0) is 6.42 Å². The van der Waals surface area contributed by atoms with E-state index in [9.17, 15) is 0 Å². The average Bonchev–Trinajstić information content (AvgIpc) is 2.28. The highest BCUT2D eigenvalue weighted by Crippen LogP contribution is 2.28. The van der Waals surface area contributed by atoms with Crippen molar-refractivity contribution in [2.75, 3.05) is 21.3 Å². The van der Waals surface area contributed by atoms with Crippen LogP contribution in [0.4, 0.5) is 0 Å². The molecule has 0 radical (unpaired) electrons. The maximum atomic E-state index is 5.45. The van der Waals surface area contributed by atoms with Crippen LogP contribution in [0.15, 0.2) is 0 Å². The normalized spacial score (nSPS) is 14.2. The van der Waals surface area contributed by atoms with Gasteiger partial charge in [0.25, 0.3) is 0 Å². The maximum Gasteiger partial charge on any atom is 0.503 e. The molecular formula is C11H26O3Si. The van der Waals surface area contributed by atoms with Crippen LogP contribution >= 0.6 is 0 Å². The zero-order chi connectivity index (χ0) is 11.7. The van der Waals surface area contributed by atoms with Gasteiger partial charge in [0.1, 0.15) is 0 Å². The molecule has 0 rings (SSSR count). The van der Waals surface area contributed by atoms with Crippen LogP contribution in [0, 0.1) is 0 Å². The summed E-state index contributed by atoms with van der Waals surface area (Å²) in [5.41, 5.74) is 0.384. The van der Waals surface area contributed by atoms with Gasteiger partial charge in [-0.15, -0.1) is 0 Å². The van der Waals surface area contributed by atoms with E-state index in [0.29, 0.717) is 5.54 Å². The van der Waals surface area contributed by atoms with Gasteiger partial charge in [-0.25, -0.2) is 0 Å². The van der Waals surface area contributed by atoms with Crippen molar-refractivity contribution >= 4 is 8.80 Å². The van der Waals surface area contributed by atoms with Crippen LogP contribution in [0.5, 0.6) is 0 Å². The largest absolute Gasteiger partial charge is 0.503 e. The van der Waals surface area contributed by atoms with Crippen molar-refractivity contribution in [2.24, 2.45) is 0 Å². The van der Waals surface area contributed by atoms with E-state index in [0.717, 1.165) is 6.42 Å². The topological polar surface area (TPSA) is 27.7 Å². The van der Waals surface area contributed by atoms with E-state index in [1.54, 1.807) is 21.3 Å². The Hall–Kier alpha value is 0.0969. The van der Waals surface area contributed by atoms with Gasteiger partial charge < -0.3 is 13.3 Å². The predicted octanol–water partition coefficient (Wildman–Crippen LogP) is 3.23. The van der Waals surface area contributed by atoms with Crippen molar-refractivity contribution in [1.29, 1.82) is 0 Å². The van der Waals surface area contributed by atoms with Gasteiger partial charge >= 0.3 is 8.80 Å². The van der Waals surface area contributed by atoms with Crippen LogP contribution in [-0.2, 0) is 13.3 Å². The lowest BCUT2D eigenvalue weighted by molar-refractivity contribution is 0.111. The molecule has 92 valence electrons. The smallest absolute Gasteiger partial charge is 0.377 e. The number of hydrogen-bond acceptors (Lipinski definition) is 3. The molecule has 0 aliphatic carbocycles. The molecule has 0 aliphatic heterocycles. The molecule has 0 N–H and O–H groups in total. The van der Waals surface area contributed by atoms with Gasteiger partial charge in [-0.1, -0.05) is 39.5 Å². The zero-order valence-corrected chi connectivity index (χ0v) is 11.8. The molecule has 4 heteroatoms. The lowest BCUT2D eigenvalue weighted by Gasteiger charge is -2.30. The van der Waals surface area contributed by atoms with Gasteiger partial charge in [-0.2, -0.15) is 0 Å². The Labute approximate surface area is 95.5 Å². The highest BCUT2D eigenvalue weighted by Gasteiger charge is 2.43. The lowest BCUT2D eigenvalue weighted by Crippen LogP contribution is -2.46. The summed E-state index contributed by atoms with van der Waals surface area (Å²) in [4.78, 5) is 0. The molecule has 0 aromatic carbocycles. The minimum atomic E-state index is -2.38. The fourth-order valence-electron chi connectivity index (χ4n) is 1.91. The summed E-state index contributed by atoms with van der Waals surface area (Å²) in [6.07, 6.45) is 6.24. The molecule has 0 heterocycles. The van der Waals surface area contributed by atoms with Crippen molar-refractivity contribution in [2.45, 2.75) is 51.5 Å². The molecule has 0 aromatic rings. The minimum absolute atomic E-state index is 0.384. The second-order valence-electron chi connectivity index (χ2n) is 3.97. The molecule has 0 fully saturated rings. The summed E-state index contributed by atoms with van der Waals surface area (Å²) >= 11 is 0. The Kier molecular flexibility index (Phi) is 8.33. The Balaban J connectivity index is 3.97. The fraction of sp³-hybridized carbons (Fsp3) is 1.00. The third-order valence-corrected chi connectivity index (χ3v) is 6.15. The van der Waals surface area contributed by atoms with E-state index < -0.39 is 8.80 Å². The van der Waals surface area contributed by atoms with E-state index in [1.165, 1.54) is 25.7 Å². The van der Waals surface area contributed by atoms with Crippen LogP contribution < -0.4 is 0 Å². The first-order valence-electron chi connectivity index (χ1n) is 5.82. The van der Waals surface area contributed by atoms with Crippen molar-refractivity contribution in [3.05, 3.63) is 0 Å². The third kappa shape index (κ3) is 4.63. The summed E-state index contributed by atoms with van der Waals surface area (Å²) < 4.78 is 16.3. The lowest BCUT2D eigenvalue weighted by atomic mass is 10.1. The summed E-state index contributed by atoms with van der Waals surface area (Å²) in [7, 11) is 2.67. The molecule has 0 bridgehead atoms. The first-order chi connectivity index (χ1) is 7.16. The molecule has 3 nitrogen and oxygen atoms in total. The molecule has 1 atom stereocenters. The van der Waals surface area contributed by atoms with Crippen LogP contribution in [-0.4, -0.2) is 30.1 Å². The number of unbranched alkanes of at least 4 members (excludes halogenated alkanes) is 3. The molecule has 0 saturated heterocycles. The minimum Gasteiger partial charge on any atom is -0.377 e. The molecule has 15 heavy (non-hydrogen) atoms. The van der Waals surface area contributed by atoms with Crippen molar-refractivity contribution in [1.82, 2.24) is 0 Å². The second-order valence-corrected chi connectivity index (χ2v) is 7.38. The van der Waals surface area contributed by atoms with E-state index in [1.807, 2.05) is 0 Å². The van der Waals surface area contributed by atoms with Crippen LogP contribution in [0.25, 0.3) is 0 Å². The van der Waals surface area contributed by atoms with Crippen molar-refractivity contribution in [3.63, 3.8) is 0 Å². The summed E-state index contributed by atoms with van der Waals surface area (Å²) in [6, 6.07) is 0. The standard InChI is InChI=1S/C11H26O3Si/c1-6-7-8-9-10-11(2)15(12-3,13-4)14-5/h11H,6-10H2,1-5H3. The quantitative estimate of drug-likeness (QED) is 0.453. The number of hydrogen-bond donors (Lipinski definition) is 0. The van der Waals surface area contributed by atoms with Crippen LogP contribution in [0.2, 0.25) is 5.54 Å². The van der Waals surface area contributed by atoms with Crippen LogP contribution in [0.1, 0.15) is 46.0 Å². The summed E-state index contributed by atoms with van der Waals surface area (Å²) in [5.74, 6) is 0. The molecule has 0 saturated carbocycles. The van der Waals surface area contributed by atoms with Gasteiger partial charge in [0, 0.05) is 26.9 Å². The van der Waals surface area contributed by atoms with Gasteiger partial charge in [0.15, 0.2) is 0 Å². The zero-order valence-electron chi connectivity index (χ0n) is 10.8. The van der Waals surface area contributed by atoms with Crippen molar-refractivity contribution in [3.8, 4) is 0 Å². The SMILES string of the molecule is CCCCCCC(C)[Si](OC)(OC)OC. The van der Waals surface area contributed by atoms with Gasteiger partial charge in [-0.3, -0.25) is 0 Å². The first kappa shape index (κ1) is 15.1. The summed E-state index contributed by atoms with van der Waals surface area (Å²) in [5, 5.41) is 0. The molecule has 1 unspecified atom stereocenters. The first-order valence-corrected chi connectivity index (χ1v) is 7.62. The fourth-order valence-corrected chi connectivity index (χ4v) is 4.17. The molecule has 0 aliphatic rings. The average molecular weight is 234 g/mol. The summed E-state index contributed by atoms with van der Waals surface area (Å²) in [6.45, 7) is 4.39. The Bertz CT molecular complexity index is 141. The van der Waals surface area contributed by atoms with Crippen LogP contribution in [0.3, 0.4) is 0 Å². The Morgan fingerprint density at radius 2 is 1.47 bits per heavy atom. The Morgan fingerprint density at radius 1 is 0.933 bits per heavy atom. The van der Waals surface area contributed by atoms with E-state index in [-0.39, 0.29) is 0 Å². The molecular weight excluding hydrogens is 208 g/mol.